The predicted molar refractivity (Wildman–Crippen MR) is 93.4 cm³/mol. The highest BCUT2D eigenvalue weighted by Gasteiger charge is 2.44. The number of benzene rings is 1. The van der Waals surface area contributed by atoms with Crippen molar-refractivity contribution in [3.63, 3.8) is 0 Å². The van der Waals surface area contributed by atoms with Gasteiger partial charge in [0.25, 0.3) is 11.8 Å². The Bertz CT molecular complexity index is 1080. The Labute approximate surface area is 163 Å². The predicted octanol–water partition coefficient (Wildman–Crippen LogP) is 1.57. The van der Waals surface area contributed by atoms with Crippen LogP contribution in [0.4, 0.5) is 9.59 Å². The van der Waals surface area contributed by atoms with Crippen LogP contribution in [0.15, 0.2) is 61.6 Å². The van der Waals surface area contributed by atoms with E-state index >= 15 is 0 Å². The zero-order chi connectivity index (χ0) is 20.4. The van der Waals surface area contributed by atoms with E-state index in [0.717, 1.165) is 4.57 Å². The lowest BCUT2D eigenvalue weighted by Crippen LogP contribution is -2.34. The molecule has 1 saturated heterocycles. The van der Waals surface area contributed by atoms with Crippen LogP contribution in [0, 0.1) is 0 Å². The van der Waals surface area contributed by atoms with Gasteiger partial charge in [0.2, 0.25) is 0 Å². The fraction of sp³-hybridized carbons (Fsp3) is 0.111. The van der Waals surface area contributed by atoms with Crippen molar-refractivity contribution in [1.82, 2.24) is 24.2 Å². The number of hydrogen-bond acceptors (Lipinski definition) is 8. The van der Waals surface area contributed by atoms with Gasteiger partial charge in [-0.3, -0.25) is 23.6 Å². The largest absolute Gasteiger partial charge is 0.539 e. The van der Waals surface area contributed by atoms with E-state index in [4.69, 9.17) is 9.57 Å². The summed E-state index contributed by atoms with van der Waals surface area (Å²) < 4.78 is 7.29. The third kappa shape index (κ3) is 3.60. The van der Waals surface area contributed by atoms with Crippen LogP contribution in [0.3, 0.4) is 0 Å². The summed E-state index contributed by atoms with van der Waals surface area (Å²) in [4.78, 5) is 61.4. The van der Waals surface area contributed by atoms with E-state index in [1.54, 1.807) is 18.2 Å². The molecular weight excluding hydrogens is 382 g/mol. The summed E-state index contributed by atoms with van der Waals surface area (Å²) in [5, 5.41) is 0.354. The topological polar surface area (TPSA) is 126 Å². The summed E-state index contributed by atoms with van der Waals surface area (Å²) in [6, 6.07) is 7.59. The minimum Gasteiger partial charge on any atom is -0.393 e. The molecule has 1 atom stereocenters. The number of para-hydroxylation sites is 1. The second kappa shape index (κ2) is 7.38. The Balaban J connectivity index is 1.44. The number of ether oxygens (including phenoxy) is 1. The first-order chi connectivity index (χ1) is 14.0. The van der Waals surface area contributed by atoms with Crippen LogP contribution >= 0.6 is 0 Å². The van der Waals surface area contributed by atoms with Crippen LogP contribution in [-0.2, 0) is 14.4 Å². The number of carbonyl (C=O) groups is 4. The average Bonchev–Trinajstić information content (AvgIpc) is 3.46. The lowest BCUT2D eigenvalue weighted by Gasteiger charge is -2.13. The Morgan fingerprint density at radius 2 is 1.86 bits per heavy atom. The summed E-state index contributed by atoms with van der Waals surface area (Å²) in [5.41, 5.74) is 0.194. The fourth-order valence-corrected chi connectivity index (χ4v) is 2.74. The van der Waals surface area contributed by atoms with E-state index in [-0.39, 0.29) is 17.9 Å². The number of aromatic nitrogens is 4. The van der Waals surface area contributed by atoms with Crippen molar-refractivity contribution in [3.05, 3.63) is 67.3 Å². The second-order valence-electron chi connectivity index (χ2n) is 6.00. The molecule has 0 N–H and O–H groups in total. The smallest absolute Gasteiger partial charge is 0.393 e. The van der Waals surface area contributed by atoms with Gasteiger partial charge in [0.05, 0.1) is 11.6 Å². The molecule has 3 aromatic rings. The Morgan fingerprint density at radius 3 is 2.59 bits per heavy atom. The SMILES string of the molecule is O=C(Oc1ccccc1)ON1C(=O)CC(c2cn(C(=O)n3ccnc3)cn2)C1=O. The summed E-state index contributed by atoms with van der Waals surface area (Å²) in [5.74, 6) is -2.28. The molecule has 1 unspecified atom stereocenters. The summed E-state index contributed by atoms with van der Waals surface area (Å²) in [7, 11) is 0. The number of amides is 2. The lowest BCUT2D eigenvalue weighted by atomic mass is 10.1. The van der Waals surface area contributed by atoms with Gasteiger partial charge in [0.1, 0.15) is 18.4 Å². The Kier molecular flexibility index (Phi) is 4.61. The average molecular weight is 395 g/mol. The molecule has 0 spiro atoms. The maximum atomic E-state index is 12.5. The van der Waals surface area contributed by atoms with Crippen molar-refractivity contribution in [2.24, 2.45) is 0 Å². The molecule has 1 aliphatic heterocycles. The van der Waals surface area contributed by atoms with Crippen LogP contribution in [0.2, 0.25) is 0 Å². The van der Waals surface area contributed by atoms with Crippen molar-refractivity contribution in [1.29, 1.82) is 0 Å². The van der Waals surface area contributed by atoms with Gasteiger partial charge in [-0.2, -0.15) is 0 Å². The number of rotatable bonds is 3. The van der Waals surface area contributed by atoms with Gasteiger partial charge in [-0.25, -0.2) is 19.6 Å². The normalized spacial score (nSPS) is 16.1. The van der Waals surface area contributed by atoms with Crippen LogP contribution in [-0.4, -0.2) is 48.2 Å². The van der Waals surface area contributed by atoms with E-state index < -0.39 is 29.9 Å². The van der Waals surface area contributed by atoms with E-state index in [1.165, 1.54) is 47.9 Å². The van der Waals surface area contributed by atoms with Gasteiger partial charge in [-0.1, -0.05) is 23.3 Å². The highest BCUT2D eigenvalue weighted by Crippen LogP contribution is 2.29. The Hall–Kier alpha value is -4.28. The molecule has 11 nitrogen and oxygen atoms in total. The van der Waals surface area contributed by atoms with Gasteiger partial charge in [-0.05, 0) is 12.1 Å². The number of imidazole rings is 2. The summed E-state index contributed by atoms with van der Waals surface area (Å²) in [6.07, 6.45) is 5.30. The minimum absolute atomic E-state index is 0.194. The molecule has 1 aliphatic rings. The molecule has 0 radical (unpaired) electrons. The van der Waals surface area contributed by atoms with E-state index in [0.29, 0.717) is 5.06 Å². The van der Waals surface area contributed by atoms with E-state index in [9.17, 15) is 19.2 Å². The van der Waals surface area contributed by atoms with Crippen molar-refractivity contribution in [3.8, 4) is 5.75 Å². The molecule has 0 saturated carbocycles. The first-order valence-corrected chi connectivity index (χ1v) is 8.41. The van der Waals surface area contributed by atoms with Gasteiger partial charge in [-0.15, -0.1) is 0 Å². The third-order valence-electron chi connectivity index (χ3n) is 4.12. The molecule has 3 heterocycles. The summed E-state index contributed by atoms with van der Waals surface area (Å²) in [6.45, 7) is 0. The van der Waals surface area contributed by atoms with Crippen LogP contribution in [0.25, 0.3) is 0 Å². The van der Waals surface area contributed by atoms with Gasteiger partial charge >= 0.3 is 12.2 Å². The fourth-order valence-electron chi connectivity index (χ4n) is 2.74. The van der Waals surface area contributed by atoms with Gasteiger partial charge in [0, 0.05) is 25.0 Å². The quantitative estimate of drug-likeness (QED) is 0.372. The zero-order valence-electron chi connectivity index (χ0n) is 14.7. The van der Waals surface area contributed by atoms with E-state index in [2.05, 4.69) is 9.97 Å². The van der Waals surface area contributed by atoms with Crippen molar-refractivity contribution < 1.29 is 28.8 Å². The van der Waals surface area contributed by atoms with Crippen LogP contribution < -0.4 is 4.74 Å². The zero-order valence-corrected chi connectivity index (χ0v) is 14.7. The molecule has 1 fully saturated rings. The standard InChI is InChI=1S/C18H13N5O6/c24-15-8-13(14-9-22(11-20-14)17(26)21-7-6-19-10-21)16(25)23(15)29-18(27)28-12-4-2-1-3-5-12/h1-7,9-11,13H,8H2. The highest BCUT2D eigenvalue weighted by molar-refractivity contribution is 6.05. The van der Waals surface area contributed by atoms with Crippen molar-refractivity contribution in [2.45, 2.75) is 12.3 Å². The summed E-state index contributed by atoms with van der Waals surface area (Å²) >= 11 is 0. The maximum absolute atomic E-state index is 12.5. The molecule has 0 bridgehead atoms. The molecule has 11 heteroatoms. The molecular formula is C18H13N5O6. The van der Waals surface area contributed by atoms with Crippen LogP contribution in [0.1, 0.15) is 18.0 Å². The molecule has 1 aromatic carbocycles. The van der Waals surface area contributed by atoms with E-state index in [1.807, 2.05) is 0 Å². The van der Waals surface area contributed by atoms with Crippen LogP contribution in [0.5, 0.6) is 5.75 Å². The number of carbonyl (C=O) groups excluding carboxylic acids is 4. The van der Waals surface area contributed by atoms with Gasteiger partial charge < -0.3 is 4.74 Å². The lowest BCUT2D eigenvalue weighted by molar-refractivity contribution is -0.175. The Morgan fingerprint density at radius 1 is 1.07 bits per heavy atom. The first kappa shape index (κ1) is 18.1. The highest BCUT2D eigenvalue weighted by atomic mass is 16.8. The number of nitrogens with zero attached hydrogens (tertiary/aromatic N) is 5. The van der Waals surface area contributed by atoms with Crippen molar-refractivity contribution in [2.75, 3.05) is 0 Å². The maximum Gasteiger partial charge on any atom is 0.539 e. The molecule has 146 valence electrons. The third-order valence-corrected chi connectivity index (χ3v) is 4.12. The van der Waals surface area contributed by atoms with Gasteiger partial charge in [0.15, 0.2) is 0 Å². The monoisotopic (exact) mass is 395 g/mol. The number of hydroxylamine groups is 2. The first-order valence-electron chi connectivity index (χ1n) is 8.41. The van der Waals surface area contributed by atoms with Crippen molar-refractivity contribution >= 4 is 24.0 Å². The number of imide groups is 1. The molecule has 2 aromatic heterocycles. The molecule has 4 rings (SSSR count). The molecule has 29 heavy (non-hydrogen) atoms. The minimum atomic E-state index is -1.22. The molecule has 2 amide bonds. The molecule has 0 aliphatic carbocycles. The number of hydrogen-bond donors (Lipinski definition) is 0. The second-order valence-corrected chi connectivity index (χ2v) is 6.00.